The van der Waals surface area contributed by atoms with Gasteiger partial charge in [0.25, 0.3) is 0 Å². The summed E-state index contributed by atoms with van der Waals surface area (Å²) in [5.74, 6) is -0.358. The molecule has 0 saturated heterocycles. The van der Waals surface area contributed by atoms with E-state index in [-0.39, 0.29) is 5.56 Å². The molecule has 82 valence electrons. The number of pyridine rings is 1. The van der Waals surface area contributed by atoms with Crippen molar-refractivity contribution in [3.63, 3.8) is 0 Å². The molecule has 0 atom stereocenters. The van der Waals surface area contributed by atoms with E-state index in [1.807, 2.05) is 0 Å². The number of aromatic carboxylic acids is 1. The highest BCUT2D eigenvalue weighted by Crippen LogP contribution is 2.22. The number of nitrogens with zero attached hydrogens (tertiary/aromatic N) is 1. The summed E-state index contributed by atoms with van der Waals surface area (Å²) in [6, 6.07) is 2.91. The normalized spacial score (nSPS) is 10.3. The van der Waals surface area contributed by atoms with E-state index < -0.39 is 5.97 Å². The van der Waals surface area contributed by atoms with Gasteiger partial charge < -0.3 is 9.84 Å². The Bertz CT molecular complexity index is 359. The largest absolute Gasteiger partial charge is 0.478 e. The predicted octanol–water partition coefficient (Wildman–Crippen LogP) is 2.17. The van der Waals surface area contributed by atoms with E-state index >= 15 is 0 Å². The fourth-order valence-electron chi connectivity index (χ4n) is 0.912. The van der Waals surface area contributed by atoms with Crippen molar-refractivity contribution in [3.05, 3.63) is 22.8 Å². The molecular weight excluding hydrogens is 238 g/mol. The lowest BCUT2D eigenvalue weighted by Gasteiger charge is -2.04. The Labute approximate surface area is 96.6 Å². The first-order valence-electron chi connectivity index (χ1n) is 4.16. The number of carboxylic acids is 1. The Hall–Kier alpha value is -0.780. The second-order valence-corrected chi connectivity index (χ2v) is 4.10. The number of hydrogen-bond acceptors (Lipinski definition) is 4. The van der Waals surface area contributed by atoms with Crippen LogP contribution in [0.3, 0.4) is 0 Å². The molecule has 1 heterocycles. The lowest BCUT2D eigenvalue weighted by atomic mass is 10.3. The molecule has 0 saturated carbocycles. The molecule has 6 heteroatoms. The van der Waals surface area contributed by atoms with Gasteiger partial charge in [-0.05, 0) is 12.1 Å². The SMILES string of the molecule is COCCSc1nc(Cl)ccc1C(=O)O. The molecule has 4 nitrogen and oxygen atoms in total. The van der Waals surface area contributed by atoms with Crippen molar-refractivity contribution in [1.29, 1.82) is 0 Å². The van der Waals surface area contributed by atoms with Crippen molar-refractivity contribution >= 4 is 29.3 Å². The summed E-state index contributed by atoms with van der Waals surface area (Å²) in [6.45, 7) is 0.540. The van der Waals surface area contributed by atoms with Gasteiger partial charge in [-0.2, -0.15) is 0 Å². The second-order valence-electron chi connectivity index (χ2n) is 2.63. The Morgan fingerprint density at radius 2 is 2.40 bits per heavy atom. The zero-order valence-corrected chi connectivity index (χ0v) is 9.64. The van der Waals surface area contributed by atoms with Gasteiger partial charge in [-0.1, -0.05) is 11.6 Å². The van der Waals surface area contributed by atoms with E-state index in [0.29, 0.717) is 22.5 Å². The van der Waals surface area contributed by atoms with E-state index in [1.54, 1.807) is 7.11 Å². The van der Waals surface area contributed by atoms with Crippen LogP contribution in [0.5, 0.6) is 0 Å². The molecule has 1 aromatic rings. The van der Waals surface area contributed by atoms with Crippen molar-refractivity contribution in [1.82, 2.24) is 4.98 Å². The van der Waals surface area contributed by atoms with Gasteiger partial charge in [-0.25, -0.2) is 9.78 Å². The van der Waals surface area contributed by atoms with Gasteiger partial charge in [-0.15, -0.1) is 11.8 Å². The van der Waals surface area contributed by atoms with Crippen LogP contribution in [0.15, 0.2) is 17.2 Å². The van der Waals surface area contributed by atoms with Crippen molar-refractivity contribution in [3.8, 4) is 0 Å². The monoisotopic (exact) mass is 247 g/mol. The number of aromatic nitrogens is 1. The fraction of sp³-hybridized carbons (Fsp3) is 0.333. The highest BCUT2D eigenvalue weighted by atomic mass is 35.5. The number of ether oxygens (including phenoxy) is 1. The molecule has 0 bridgehead atoms. The smallest absolute Gasteiger partial charge is 0.338 e. The van der Waals surface area contributed by atoms with Crippen LogP contribution < -0.4 is 0 Å². The average Bonchev–Trinajstić information content (AvgIpc) is 2.18. The molecule has 0 aliphatic rings. The standard InChI is InChI=1S/C9H10ClNO3S/c1-14-4-5-15-8-6(9(12)13)2-3-7(10)11-8/h2-3H,4-5H2,1H3,(H,12,13). The highest BCUT2D eigenvalue weighted by molar-refractivity contribution is 7.99. The molecule has 0 aliphatic heterocycles. The van der Waals surface area contributed by atoms with Crippen molar-refractivity contribution in [2.24, 2.45) is 0 Å². The van der Waals surface area contributed by atoms with Crippen molar-refractivity contribution in [2.75, 3.05) is 19.5 Å². The highest BCUT2D eigenvalue weighted by Gasteiger charge is 2.12. The van der Waals surface area contributed by atoms with E-state index in [9.17, 15) is 4.79 Å². The van der Waals surface area contributed by atoms with Gasteiger partial charge in [0.1, 0.15) is 10.2 Å². The van der Waals surface area contributed by atoms with Crippen LogP contribution in [-0.2, 0) is 4.74 Å². The minimum atomic E-state index is -1.00. The Balaban J connectivity index is 2.82. The molecule has 1 rings (SSSR count). The average molecular weight is 248 g/mol. The van der Waals surface area contributed by atoms with E-state index in [0.717, 1.165) is 0 Å². The maximum atomic E-state index is 10.8. The van der Waals surface area contributed by atoms with Crippen LogP contribution in [0.1, 0.15) is 10.4 Å². The first kappa shape index (κ1) is 12.3. The number of thioether (sulfide) groups is 1. The topological polar surface area (TPSA) is 59.4 Å². The van der Waals surface area contributed by atoms with Gasteiger partial charge in [-0.3, -0.25) is 0 Å². The maximum Gasteiger partial charge on any atom is 0.338 e. The fourth-order valence-corrected chi connectivity index (χ4v) is 2.03. The summed E-state index contributed by atoms with van der Waals surface area (Å²) in [7, 11) is 1.59. The Morgan fingerprint density at radius 3 is 3.00 bits per heavy atom. The van der Waals surface area contributed by atoms with Gasteiger partial charge in [0.2, 0.25) is 0 Å². The van der Waals surface area contributed by atoms with Gasteiger partial charge in [0, 0.05) is 12.9 Å². The molecule has 0 aliphatic carbocycles. The van der Waals surface area contributed by atoms with Crippen LogP contribution in [0.2, 0.25) is 5.15 Å². The van der Waals surface area contributed by atoms with E-state index in [2.05, 4.69) is 4.98 Å². The summed E-state index contributed by atoms with van der Waals surface area (Å²) < 4.78 is 4.87. The Morgan fingerprint density at radius 1 is 1.67 bits per heavy atom. The number of rotatable bonds is 5. The quantitative estimate of drug-likeness (QED) is 0.491. The van der Waals surface area contributed by atoms with Crippen LogP contribution >= 0.6 is 23.4 Å². The zero-order valence-electron chi connectivity index (χ0n) is 8.07. The minimum absolute atomic E-state index is 0.167. The summed E-state index contributed by atoms with van der Waals surface area (Å²) >= 11 is 7.00. The molecule has 0 radical (unpaired) electrons. The van der Waals surface area contributed by atoms with Crippen molar-refractivity contribution < 1.29 is 14.6 Å². The van der Waals surface area contributed by atoms with Crippen molar-refractivity contribution in [2.45, 2.75) is 5.03 Å². The zero-order chi connectivity index (χ0) is 11.3. The predicted molar refractivity (Wildman–Crippen MR) is 58.8 cm³/mol. The lowest BCUT2D eigenvalue weighted by molar-refractivity contribution is 0.0692. The molecule has 0 unspecified atom stereocenters. The number of halogens is 1. The third kappa shape index (κ3) is 3.70. The molecule has 1 aromatic heterocycles. The number of hydrogen-bond donors (Lipinski definition) is 1. The molecule has 0 spiro atoms. The number of methoxy groups -OCH3 is 1. The summed E-state index contributed by atoms with van der Waals surface area (Å²) in [4.78, 5) is 14.8. The summed E-state index contributed by atoms with van der Waals surface area (Å²) in [5, 5.41) is 9.60. The minimum Gasteiger partial charge on any atom is -0.478 e. The number of carboxylic acid groups (broad SMARTS) is 1. The van der Waals surface area contributed by atoms with Gasteiger partial charge in [0.05, 0.1) is 12.2 Å². The van der Waals surface area contributed by atoms with Crippen LogP contribution in [0.25, 0.3) is 0 Å². The summed E-state index contributed by atoms with van der Waals surface area (Å²) in [5.41, 5.74) is 0.167. The molecule has 0 amide bonds. The molecule has 0 fully saturated rings. The molecule has 0 aromatic carbocycles. The first-order valence-corrected chi connectivity index (χ1v) is 5.53. The molecular formula is C9H10ClNO3S. The van der Waals surface area contributed by atoms with Crippen LogP contribution in [0, 0.1) is 0 Å². The maximum absolute atomic E-state index is 10.8. The third-order valence-corrected chi connectivity index (χ3v) is 2.75. The summed E-state index contributed by atoms with van der Waals surface area (Å²) in [6.07, 6.45) is 0. The first-order chi connectivity index (χ1) is 7.15. The van der Waals surface area contributed by atoms with E-state index in [4.69, 9.17) is 21.4 Å². The van der Waals surface area contributed by atoms with Crippen LogP contribution in [-0.4, -0.2) is 35.5 Å². The molecule has 1 N–H and O–H groups in total. The van der Waals surface area contributed by atoms with Gasteiger partial charge in [0.15, 0.2) is 0 Å². The number of carbonyl (C=O) groups is 1. The lowest BCUT2D eigenvalue weighted by Crippen LogP contribution is -2.02. The van der Waals surface area contributed by atoms with Crippen LogP contribution in [0.4, 0.5) is 0 Å². The Kier molecular flexibility index (Phi) is 4.87. The van der Waals surface area contributed by atoms with Gasteiger partial charge >= 0.3 is 5.97 Å². The van der Waals surface area contributed by atoms with E-state index in [1.165, 1.54) is 23.9 Å². The molecule has 15 heavy (non-hydrogen) atoms. The second kappa shape index (κ2) is 5.95. The third-order valence-electron chi connectivity index (χ3n) is 1.58.